The highest BCUT2D eigenvalue weighted by Gasteiger charge is 2.58. The summed E-state index contributed by atoms with van der Waals surface area (Å²) >= 11 is 0. The van der Waals surface area contributed by atoms with E-state index in [0.717, 1.165) is 5.39 Å². The Hall–Kier alpha value is -4.70. The molecule has 5 rings (SSSR count). The molecule has 1 fully saturated rings. The van der Waals surface area contributed by atoms with Gasteiger partial charge in [0, 0.05) is 36.1 Å². The van der Waals surface area contributed by atoms with Crippen molar-refractivity contribution in [3.05, 3.63) is 78.7 Å². The lowest BCUT2D eigenvalue weighted by Gasteiger charge is -2.26. The summed E-state index contributed by atoms with van der Waals surface area (Å²) in [4.78, 5) is 32.4. The first-order chi connectivity index (χ1) is 19.4. The van der Waals surface area contributed by atoms with Gasteiger partial charge in [-0.05, 0) is 73.5 Å². The second-order valence-electron chi connectivity index (χ2n) is 9.32. The van der Waals surface area contributed by atoms with Crippen LogP contribution in [-0.4, -0.2) is 44.9 Å². The maximum atomic E-state index is 13.4. The summed E-state index contributed by atoms with van der Waals surface area (Å²) in [5.74, 6) is 1.01. The molecule has 0 spiro atoms. The Morgan fingerprint density at radius 1 is 0.925 bits per heavy atom. The summed E-state index contributed by atoms with van der Waals surface area (Å²) in [5.41, 5.74) is 0.440. The highest BCUT2D eigenvalue weighted by molar-refractivity contribution is 6.17. The number of nitrogens with one attached hydrogen (secondary N) is 1. The minimum Gasteiger partial charge on any atom is -0.493 e. The normalized spacial score (nSPS) is 13.4. The number of fused-ring (bicyclic) bond motifs is 1. The lowest BCUT2D eigenvalue weighted by atomic mass is 10.0. The number of anilines is 2. The van der Waals surface area contributed by atoms with Gasteiger partial charge in [0.15, 0.2) is 11.5 Å². The molecule has 1 N–H and O–H groups in total. The summed E-state index contributed by atoms with van der Waals surface area (Å²) in [6.45, 7) is -0.0616. The van der Waals surface area contributed by atoms with Crippen LogP contribution in [0.5, 0.6) is 23.0 Å². The van der Waals surface area contributed by atoms with Crippen molar-refractivity contribution in [1.29, 1.82) is 0 Å². The minimum absolute atomic E-state index is 0.0616. The molecule has 1 heterocycles. The number of ether oxygens (including phenoxy) is 4. The Bertz CT molecular complexity index is 1540. The molecule has 40 heavy (non-hydrogen) atoms. The van der Waals surface area contributed by atoms with Crippen molar-refractivity contribution in [1.82, 2.24) is 4.98 Å². The number of pyridine rings is 1. The number of benzene rings is 3. The van der Waals surface area contributed by atoms with Crippen molar-refractivity contribution < 1.29 is 32.9 Å². The van der Waals surface area contributed by atoms with Crippen LogP contribution in [0.15, 0.2) is 72.9 Å². The van der Waals surface area contributed by atoms with Crippen LogP contribution in [0, 0.1) is 11.2 Å². The second kappa shape index (κ2) is 11.2. The molecule has 0 atom stereocenters. The van der Waals surface area contributed by atoms with E-state index in [4.69, 9.17) is 18.9 Å². The second-order valence-corrected chi connectivity index (χ2v) is 9.32. The third-order valence-electron chi connectivity index (χ3n) is 6.78. The van der Waals surface area contributed by atoms with Gasteiger partial charge in [-0.1, -0.05) is 0 Å². The summed E-state index contributed by atoms with van der Waals surface area (Å²) < 4.78 is 35.5. The Labute approximate surface area is 230 Å². The molecule has 0 radical (unpaired) electrons. The van der Waals surface area contributed by atoms with Crippen LogP contribution >= 0.6 is 0 Å². The number of carbonyl (C=O) groups is 2. The quantitative estimate of drug-likeness (QED) is 0.206. The van der Waals surface area contributed by atoms with E-state index < -0.39 is 23.0 Å². The number of hydrogen-bond donors (Lipinski definition) is 1. The predicted molar refractivity (Wildman–Crippen MR) is 147 cm³/mol. The molecule has 1 saturated carbocycles. The van der Waals surface area contributed by atoms with Crippen LogP contribution < -0.4 is 24.4 Å². The van der Waals surface area contributed by atoms with E-state index in [-0.39, 0.29) is 6.73 Å². The highest BCUT2D eigenvalue weighted by atomic mass is 19.1. The van der Waals surface area contributed by atoms with Gasteiger partial charge >= 0.3 is 0 Å². The van der Waals surface area contributed by atoms with Gasteiger partial charge in [-0.25, -0.2) is 4.39 Å². The van der Waals surface area contributed by atoms with Crippen LogP contribution in [0.3, 0.4) is 0 Å². The smallest absolute Gasteiger partial charge is 0.244 e. The molecular weight excluding hydrogens is 517 g/mol. The fourth-order valence-corrected chi connectivity index (χ4v) is 4.44. The summed E-state index contributed by atoms with van der Waals surface area (Å²) in [6.07, 6.45) is 2.45. The number of methoxy groups -OCH3 is 3. The van der Waals surface area contributed by atoms with E-state index in [9.17, 15) is 14.0 Å². The summed E-state index contributed by atoms with van der Waals surface area (Å²) in [5, 5.41) is 3.59. The number of amides is 2. The fraction of sp³-hybridized carbons (Fsp3) is 0.233. The molecular formula is C30H28FN3O6. The van der Waals surface area contributed by atoms with E-state index in [1.807, 2.05) is 0 Å². The number of aromatic nitrogens is 1. The molecule has 1 aliphatic carbocycles. The van der Waals surface area contributed by atoms with Crippen LogP contribution in [-0.2, 0) is 14.3 Å². The van der Waals surface area contributed by atoms with Crippen LogP contribution in [0.2, 0.25) is 0 Å². The maximum Gasteiger partial charge on any atom is 0.244 e. The third kappa shape index (κ3) is 5.26. The standard InChI is InChI=1S/C30H28FN3O6/c1-37-18-34(21-8-4-19(31)5-9-21)29(36)30(13-14-30)28(35)33-20-6-10-22(11-7-20)40-25-12-15-32-24-17-27(39-3)26(38-2)16-23(24)25/h4-12,15-17H,13-14,18H2,1-3H3,(H,33,35). The van der Waals surface area contributed by atoms with E-state index in [2.05, 4.69) is 10.3 Å². The van der Waals surface area contributed by atoms with E-state index in [1.54, 1.807) is 62.9 Å². The molecule has 0 saturated heterocycles. The Morgan fingerprint density at radius 3 is 2.23 bits per heavy atom. The monoisotopic (exact) mass is 545 g/mol. The van der Waals surface area contributed by atoms with Gasteiger partial charge in [0.2, 0.25) is 11.8 Å². The molecule has 10 heteroatoms. The zero-order valence-electron chi connectivity index (χ0n) is 22.3. The zero-order valence-corrected chi connectivity index (χ0v) is 22.3. The van der Waals surface area contributed by atoms with Gasteiger partial charge in [-0.2, -0.15) is 0 Å². The number of hydrogen-bond acceptors (Lipinski definition) is 7. The average Bonchev–Trinajstić information content (AvgIpc) is 3.79. The number of carbonyl (C=O) groups excluding carboxylic acids is 2. The van der Waals surface area contributed by atoms with Crippen molar-refractivity contribution in [2.75, 3.05) is 38.3 Å². The van der Waals surface area contributed by atoms with Crippen LogP contribution in [0.4, 0.5) is 15.8 Å². The molecule has 4 aromatic rings. The number of nitrogens with zero attached hydrogens (tertiary/aromatic N) is 2. The van der Waals surface area contributed by atoms with Gasteiger partial charge in [-0.3, -0.25) is 19.5 Å². The SMILES string of the molecule is COCN(C(=O)C1(C(=O)Nc2ccc(Oc3ccnc4cc(OC)c(OC)cc34)cc2)CC1)c1ccc(F)cc1. The Morgan fingerprint density at radius 2 is 1.60 bits per heavy atom. The largest absolute Gasteiger partial charge is 0.493 e. The molecule has 3 aromatic carbocycles. The maximum absolute atomic E-state index is 13.4. The molecule has 9 nitrogen and oxygen atoms in total. The van der Waals surface area contributed by atoms with Crippen LogP contribution in [0.25, 0.3) is 10.9 Å². The zero-order chi connectivity index (χ0) is 28.3. The van der Waals surface area contributed by atoms with Crippen molar-refractivity contribution in [2.45, 2.75) is 12.8 Å². The lowest BCUT2D eigenvalue weighted by molar-refractivity contribution is -0.133. The number of rotatable bonds is 10. The van der Waals surface area contributed by atoms with E-state index in [0.29, 0.717) is 52.7 Å². The van der Waals surface area contributed by atoms with E-state index >= 15 is 0 Å². The first kappa shape index (κ1) is 26.9. The first-order valence-electron chi connectivity index (χ1n) is 12.5. The van der Waals surface area contributed by atoms with Gasteiger partial charge in [0.1, 0.15) is 29.5 Å². The van der Waals surface area contributed by atoms with Crippen molar-refractivity contribution in [2.24, 2.45) is 5.41 Å². The van der Waals surface area contributed by atoms with E-state index in [1.165, 1.54) is 36.3 Å². The molecule has 0 bridgehead atoms. The molecule has 1 aliphatic rings. The fourth-order valence-electron chi connectivity index (χ4n) is 4.44. The van der Waals surface area contributed by atoms with Crippen molar-refractivity contribution in [3.8, 4) is 23.0 Å². The van der Waals surface area contributed by atoms with Gasteiger partial charge in [-0.15, -0.1) is 0 Å². The van der Waals surface area contributed by atoms with Crippen molar-refractivity contribution >= 4 is 34.1 Å². The van der Waals surface area contributed by atoms with Gasteiger partial charge in [0.25, 0.3) is 0 Å². The lowest BCUT2D eigenvalue weighted by Crippen LogP contribution is -2.44. The summed E-state index contributed by atoms with van der Waals surface area (Å²) in [7, 11) is 4.58. The highest BCUT2D eigenvalue weighted by Crippen LogP contribution is 2.49. The van der Waals surface area contributed by atoms with Crippen molar-refractivity contribution in [3.63, 3.8) is 0 Å². The Balaban J connectivity index is 1.30. The first-order valence-corrected chi connectivity index (χ1v) is 12.5. The molecule has 1 aromatic heterocycles. The molecule has 0 unspecified atom stereocenters. The molecule has 0 aliphatic heterocycles. The molecule has 206 valence electrons. The third-order valence-corrected chi connectivity index (χ3v) is 6.78. The Kier molecular flexibility index (Phi) is 7.52. The average molecular weight is 546 g/mol. The topological polar surface area (TPSA) is 99.2 Å². The van der Waals surface area contributed by atoms with Gasteiger partial charge < -0.3 is 24.3 Å². The van der Waals surface area contributed by atoms with Crippen LogP contribution in [0.1, 0.15) is 12.8 Å². The predicted octanol–water partition coefficient (Wildman–Crippen LogP) is 5.54. The van der Waals surface area contributed by atoms with Gasteiger partial charge in [0.05, 0.1) is 19.7 Å². The molecule has 2 amide bonds. The minimum atomic E-state index is -1.21. The summed E-state index contributed by atoms with van der Waals surface area (Å²) in [6, 6.07) is 17.7. The number of halogens is 1.